The highest BCUT2D eigenvalue weighted by Gasteiger charge is 2.37. The zero-order valence-electron chi connectivity index (χ0n) is 8.44. The number of hydrogen-bond donors (Lipinski definition) is 0. The summed E-state index contributed by atoms with van der Waals surface area (Å²) in [6.45, 7) is 3.47. The normalized spacial score (nSPS) is 12.1. The van der Waals surface area contributed by atoms with Gasteiger partial charge >= 0.3 is 6.18 Å². The van der Waals surface area contributed by atoms with Crippen LogP contribution in [0.5, 0.6) is 0 Å². The molecule has 0 unspecified atom stereocenters. The predicted octanol–water partition coefficient (Wildman–Crippen LogP) is 2.70. The maximum absolute atomic E-state index is 12.6. The second kappa shape index (κ2) is 3.63. The molecular weight excluding hydrogens is 193 g/mol. The number of aryl methyl sites for hydroxylation is 2. The molecule has 0 fully saturated rings. The van der Waals surface area contributed by atoms with Gasteiger partial charge in [0.05, 0.1) is 5.69 Å². The molecule has 80 valence electrons. The number of rotatable bonds is 2. The van der Waals surface area contributed by atoms with Crippen LogP contribution in [-0.4, -0.2) is 9.78 Å². The van der Waals surface area contributed by atoms with Gasteiger partial charge in [-0.05, 0) is 13.3 Å². The second-order valence-corrected chi connectivity index (χ2v) is 3.28. The first-order valence-electron chi connectivity index (χ1n) is 4.47. The Labute approximate surface area is 80.7 Å². The minimum atomic E-state index is -4.31. The van der Waals surface area contributed by atoms with Crippen molar-refractivity contribution in [2.24, 2.45) is 7.05 Å². The van der Waals surface area contributed by atoms with Gasteiger partial charge in [-0.25, -0.2) is 0 Å². The predicted molar refractivity (Wildman–Crippen MR) is 46.9 cm³/mol. The first-order valence-corrected chi connectivity index (χ1v) is 4.47. The SMILES string of the molecule is CCCc1c(C)nn(C)c1C(F)(F)F. The smallest absolute Gasteiger partial charge is 0.263 e. The molecule has 1 rings (SSSR count). The molecule has 0 amide bonds. The molecular formula is C9H13F3N2. The number of aromatic nitrogens is 2. The Hall–Kier alpha value is -1.00. The van der Waals surface area contributed by atoms with Gasteiger partial charge in [0.15, 0.2) is 0 Å². The number of alkyl halides is 3. The average molecular weight is 206 g/mol. The second-order valence-electron chi connectivity index (χ2n) is 3.28. The van der Waals surface area contributed by atoms with Crippen molar-refractivity contribution in [3.8, 4) is 0 Å². The van der Waals surface area contributed by atoms with E-state index in [9.17, 15) is 13.2 Å². The molecule has 5 heteroatoms. The molecule has 0 aliphatic rings. The van der Waals surface area contributed by atoms with Gasteiger partial charge in [-0.15, -0.1) is 0 Å². The summed E-state index contributed by atoms with van der Waals surface area (Å²) in [5.41, 5.74) is 0.182. The lowest BCUT2D eigenvalue weighted by Crippen LogP contribution is -2.14. The van der Waals surface area contributed by atoms with E-state index < -0.39 is 11.9 Å². The molecule has 0 bridgehead atoms. The molecule has 1 aromatic rings. The number of hydrogen-bond acceptors (Lipinski definition) is 1. The zero-order chi connectivity index (χ0) is 10.9. The third kappa shape index (κ3) is 1.91. The maximum atomic E-state index is 12.6. The van der Waals surface area contributed by atoms with Crippen molar-refractivity contribution in [2.45, 2.75) is 32.9 Å². The van der Waals surface area contributed by atoms with Gasteiger partial charge in [0.2, 0.25) is 0 Å². The van der Waals surface area contributed by atoms with Gasteiger partial charge in [0, 0.05) is 12.6 Å². The van der Waals surface area contributed by atoms with Crippen LogP contribution in [0.25, 0.3) is 0 Å². The Bertz CT molecular complexity index is 326. The molecule has 0 N–H and O–H groups in total. The van der Waals surface area contributed by atoms with Crippen LogP contribution < -0.4 is 0 Å². The van der Waals surface area contributed by atoms with Crippen molar-refractivity contribution >= 4 is 0 Å². The van der Waals surface area contributed by atoms with Crippen molar-refractivity contribution in [3.05, 3.63) is 17.0 Å². The Kier molecular flexibility index (Phi) is 2.87. The number of halogens is 3. The van der Waals surface area contributed by atoms with Crippen LogP contribution >= 0.6 is 0 Å². The van der Waals surface area contributed by atoms with Gasteiger partial charge in [-0.3, -0.25) is 4.68 Å². The van der Waals surface area contributed by atoms with E-state index in [0.29, 0.717) is 24.1 Å². The van der Waals surface area contributed by atoms with Crippen molar-refractivity contribution in [2.75, 3.05) is 0 Å². The molecule has 0 saturated heterocycles. The van der Waals surface area contributed by atoms with Crippen molar-refractivity contribution in [1.29, 1.82) is 0 Å². The van der Waals surface area contributed by atoms with E-state index in [1.807, 2.05) is 6.92 Å². The van der Waals surface area contributed by atoms with Crippen LogP contribution in [0.3, 0.4) is 0 Å². The molecule has 0 atom stereocenters. The lowest BCUT2D eigenvalue weighted by atomic mass is 10.1. The van der Waals surface area contributed by atoms with Gasteiger partial charge < -0.3 is 0 Å². The van der Waals surface area contributed by atoms with Crippen LogP contribution in [-0.2, 0) is 19.6 Å². The Morgan fingerprint density at radius 1 is 1.36 bits per heavy atom. The van der Waals surface area contributed by atoms with Crippen molar-refractivity contribution in [1.82, 2.24) is 9.78 Å². The van der Waals surface area contributed by atoms with E-state index in [0.717, 1.165) is 4.68 Å². The molecule has 0 radical (unpaired) electrons. The van der Waals surface area contributed by atoms with E-state index in [4.69, 9.17) is 0 Å². The van der Waals surface area contributed by atoms with Gasteiger partial charge in [-0.1, -0.05) is 13.3 Å². The first-order chi connectivity index (χ1) is 6.38. The van der Waals surface area contributed by atoms with Crippen molar-refractivity contribution in [3.63, 3.8) is 0 Å². The monoisotopic (exact) mass is 206 g/mol. The topological polar surface area (TPSA) is 17.8 Å². The van der Waals surface area contributed by atoms with Crippen LogP contribution in [0, 0.1) is 6.92 Å². The van der Waals surface area contributed by atoms with Gasteiger partial charge in [-0.2, -0.15) is 18.3 Å². The largest absolute Gasteiger partial charge is 0.433 e. The maximum Gasteiger partial charge on any atom is 0.433 e. The van der Waals surface area contributed by atoms with Crippen LogP contribution in [0.1, 0.15) is 30.3 Å². The fourth-order valence-corrected chi connectivity index (χ4v) is 1.61. The molecule has 0 spiro atoms. The zero-order valence-corrected chi connectivity index (χ0v) is 8.44. The molecule has 0 aromatic carbocycles. The Balaban J connectivity index is 3.25. The van der Waals surface area contributed by atoms with Crippen LogP contribution in [0.2, 0.25) is 0 Å². The van der Waals surface area contributed by atoms with E-state index >= 15 is 0 Å². The minimum absolute atomic E-state index is 0.322. The third-order valence-electron chi connectivity index (χ3n) is 2.11. The summed E-state index contributed by atoms with van der Waals surface area (Å²) >= 11 is 0. The summed E-state index contributed by atoms with van der Waals surface area (Å²) in [7, 11) is 1.33. The van der Waals surface area contributed by atoms with E-state index in [2.05, 4.69) is 5.10 Å². The van der Waals surface area contributed by atoms with E-state index in [-0.39, 0.29) is 0 Å². The highest BCUT2D eigenvalue weighted by atomic mass is 19.4. The summed E-state index contributed by atoms with van der Waals surface area (Å²) in [5, 5.41) is 3.79. The Morgan fingerprint density at radius 3 is 2.36 bits per heavy atom. The molecule has 1 heterocycles. The molecule has 0 aliphatic carbocycles. The highest BCUT2D eigenvalue weighted by Crippen LogP contribution is 2.33. The molecule has 0 saturated carbocycles. The standard InChI is InChI=1S/C9H13F3N2/c1-4-5-7-6(2)13-14(3)8(7)9(10,11)12/h4-5H2,1-3H3. The summed E-state index contributed by atoms with van der Waals surface area (Å²) in [5.74, 6) is 0. The van der Waals surface area contributed by atoms with E-state index in [1.165, 1.54) is 7.05 Å². The summed E-state index contributed by atoms with van der Waals surface area (Å²) < 4.78 is 38.7. The molecule has 1 aromatic heterocycles. The fraction of sp³-hybridized carbons (Fsp3) is 0.667. The fourth-order valence-electron chi connectivity index (χ4n) is 1.61. The quantitative estimate of drug-likeness (QED) is 0.727. The van der Waals surface area contributed by atoms with Gasteiger partial charge in [0.25, 0.3) is 0 Å². The minimum Gasteiger partial charge on any atom is -0.263 e. The lowest BCUT2D eigenvalue weighted by molar-refractivity contribution is -0.144. The molecule has 14 heavy (non-hydrogen) atoms. The average Bonchev–Trinajstić information content (AvgIpc) is 2.26. The third-order valence-corrected chi connectivity index (χ3v) is 2.11. The number of nitrogens with zero attached hydrogens (tertiary/aromatic N) is 2. The van der Waals surface area contributed by atoms with Gasteiger partial charge in [0.1, 0.15) is 5.69 Å². The highest BCUT2D eigenvalue weighted by molar-refractivity contribution is 5.27. The van der Waals surface area contributed by atoms with Crippen LogP contribution in [0.4, 0.5) is 13.2 Å². The summed E-state index contributed by atoms with van der Waals surface area (Å²) in [4.78, 5) is 0. The molecule has 2 nitrogen and oxygen atoms in total. The first kappa shape index (κ1) is 11.1. The van der Waals surface area contributed by atoms with Crippen molar-refractivity contribution < 1.29 is 13.2 Å². The summed E-state index contributed by atoms with van der Waals surface area (Å²) in [6.07, 6.45) is -3.19. The lowest BCUT2D eigenvalue weighted by Gasteiger charge is -2.09. The van der Waals surface area contributed by atoms with E-state index in [1.54, 1.807) is 6.92 Å². The summed E-state index contributed by atoms with van der Waals surface area (Å²) in [6, 6.07) is 0. The van der Waals surface area contributed by atoms with Crippen LogP contribution in [0.15, 0.2) is 0 Å². The Morgan fingerprint density at radius 2 is 1.93 bits per heavy atom. The molecule has 0 aliphatic heterocycles.